The highest BCUT2D eigenvalue weighted by atomic mass is 28.4. The average molecular weight is 268 g/mol. The maximum absolute atomic E-state index is 9.54. The molecule has 0 unspecified atom stereocenters. The normalized spacial score (nSPS) is 12.6. The molecule has 1 rings (SSSR count). The molecule has 102 valence electrons. The number of phenolic OH excluding ortho intramolecular Hbond substituents is 1. The van der Waals surface area contributed by atoms with Crippen LogP contribution in [0.15, 0.2) is 18.2 Å². The predicted molar refractivity (Wildman–Crippen MR) is 76.6 cm³/mol. The first kappa shape index (κ1) is 15.1. The van der Waals surface area contributed by atoms with Gasteiger partial charge in [0.25, 0.3) is 0 Å². The van der Waals surface area contributed by atoms with Crippen LogP contribution in [0, 0.1) is 0 Å². The highest BCUT2D eigenvalue weighted by Gasteiger charge is 2.37. The first-order chi connectivity index (χ1) is 8.17. The van der Waals surface area contributed by atoms with Crippen molar-refractivity contribution < 1.29 is 14.3 Å². The summed E-state index contributed by atoms with van der Waals surface area (Å²) in [7, 11) is -0.183. The molecule has 0 heterocycles. The molecule has 1 aromatic carbocycles. The fraction of sp³-hybridized carbons (Fsp3) is 0.571. The van der Waals surface area contributed by atoms with E-state index in [1.165, 1.54) is 0 Å². The summed E-state index contributed by atoms with van der Waals surface area (Å²) in [5, 5.41) is 9.74. The maximum atomic E-state index is 9.54. The SMILES string of the molecule is COc1cc(CO[Si](C)(C)C(C)(C)C)ccc1O. The van der Waals surface area contributed by atoms with Gasteiger partial charge in [0.1, 0.15) is 0 Å². The second-order valence-electron chi connectivity index (χ2n) is 6.06. The van der Waals surface area contributed by atoms with Crippen LogP contribution in [-0.4, -0.2) is 20.5 Å². The van der Waals surface area contributed by atoms with Crippen molar-refractivity contribution in [3.8, 4) is 11.5 Å². The zero-order valence-electron chi connectivity index (χ0n) is 12.2. The summed E-state index contributed by atoms with van der Waals surface area (Å²) in [6.07, 6.45) is 0. The van der Waals surface area contributed by atoms with Crippen LogP contribution < -0.4 is 4.74 Å². The van der Waals surface area contributed by atoms with Crippen molar-refractivity contribution in [1.82, 2.24) is 0 Å². The number of aromatic hydroxyl groups is 1. The number of methoxy groups -OCH3 is 1. The summed E-state index contributed by atoms with van der Waals surface area (Å²) in [5.74, 6) is 0.653. The molecule has 0 saturated heterocycles. The Labute approximate surface area is 111 Å². The Hall–Kier alpha value is -1.00. The molecule has 0 aliphatic heterocycles. The van der Waals surface area contributed by atoms with Crippen LogP contribution in [0.25, 0.3) is 0 Å². The van der Waals surface area contributed by atoms with E-state index in [0.717, 1.165) is 5.56 Å². The Balaban J connectivity index is 2.75. The number of ether oxygens (including phenoxy) is 1. The molecule has 0 bridgehead atoms. The lowest BCUT2D eigenvalue weighted by molar-refractivity contribution is 0.275. The van der Waals surface area contributed by atoms with Gasteiger partial charge in [0.15, 0.2) is 19.8 Å². The van der Waals surface area contributed by atoms with E-state index < -0.39 is 8.32 Å². The van der Waals surface area contributed by atoms with E-state index in [2.05, 4.69) is 33.9 Å². The van der Waals surface area contributed by atoms with Crippen molar-refractivity contribution in [2.75, 3.05) is 7.11 Å². The molecule has 0 atom stereocenters. The molecule has 18 heavy (non-hydrogen) atoms. The topological polar surface area (TPSA) is 38.7 Å². The van der Waals surface area contributed by atoms with Crippen LogP contribution in [0.5, 0.6) is 11.5 Å². The quantitative estimate of drug-likeness (QED) is 0.841. The van der Waals surface area contributed by atoms with Gasteiger partial charge in [-0.2, -0.15) is 0 Å². The molecule has 0 aromatic heterocycles. The standard InChI is InChI=1S/C14H24O3Si/c1-14(2,3)18(5,6)17-10-11-7-8-12(15)13(9-11)16-4/h7-9,15H,10H2,1-6H3. The second kappa shape index (κ2) is 5.32. The Bertz CT molecular complexity index is 408. The van der Waals surface area contributed by atoms with Gasteiger partial charge in [-0.15, -0.1) is 0 Å². The molecule has 0 saturated carbocycles. The summed E-state index contributed by atoms with van der Waals surface area (Å²) >= 11 is 0. The zero-order valence-corrected chi connectivity index (χ0v) is 13.2. The fourth-order valence-corrected chi connectivity index (χ4v) is 2.25. The molecule has 0 fully saturated rings. The maximum Gasteiger partial charge on any atom is 0.192 e. The zero-order chi connectivity index (χ0) is 14.0. The summed E-state index contributed by atoms with van der Waals surface area (Å²) in [5.41, 5.74) is 1.02. The van der Waals surface area contributed by atoms with Crippen LogP contribution in [0.1, 0.15) is 26.3 Å². The van der Waals surface area contributed by atoms with Gasteiger partial charge in [-0.3, -0.25) is 0 Å². The van der Waals surface area contributed by atoms with Crippen LogP contribution >= 0.6 is 0 Å². The molecule has 0 aliphatic carbocycles. The van der Waals surface area contributed by atoms with Gasteiger partial charge in [0, 0.05) is 0 Å². The van der Waals surface area contributed by atoms with E-state index in [9.17, 15) is 5.11 Å². The number of benzene rings is 1. The third-order valence-corrected chi connectivity index (χ3v) is 8.13. The Morgan fingerprint density at radius 2 is 1.83 bits per heavy atom. The minimum Gasteiger partial charge on any atom is -0.504 e. The van der Waals surface area contributed by atoms with Crippen molar-refractivity contribution in [3.63, 3.8) is 0 Å². The number of hydrogen-bond donors (Lipinski definition) is 1. The van der Waals surface area contributed by atoms with E-state index in [4.69, 9.17) is 9.16 Å². The predicted octanol–water partition coefficient (Wildman–Crippen LogP) is 3.92. The monoisotopic (exact) mass is 268 g/mol. The lowest BCUT2D eigenvalue weighted by Gasteiger charge is -2.36. The van der Waals surface area contributed by atoms with E-state index in [0.29, 0.717) is 12.4 Å². The average Bonchev–Trinajstić information content (AvgIpc) is 2.26. The molecule has 4 heteroatoms. The van der Waals surface area contributed by atoms with Gasteiger partial charge in [0.05, 0.1) is 13.7 Å². The van der Waals surface area contributed by atoms with Crippen LogP contribution in [0.4, 0.5) is 0 Å². The highest BCUT2D eigenvalue weighted by molar-refractivity contribution is 6.74. The third-order valence-electron chi connectivity index (χ3n) is 3.65. The number of rotatable bonds is 4. The summed E-state index contributed by atoms with van der Waals surface area (Å²) < 4.78 is 11.2. The van der Waals surface area contributed by atoms with Gasteiger partial charge in [-0.1, -0.05) is 26.8 Å². The molecule has 0 aliphatic rings. The highest BCUT2D eigenvalue weighted by Crippen LogP contribution is 2.37. The van der Waals surface area contributed by atoms with E-state index in [-0.39, 0.29) is 10.8 Å². The fourth-order valence-electron chi connectivity index (χ4n) is 1.29. The Morgan fingerprint density at radius 3 is 2.33 bits per heavy atom. The van der Waals surface area contributed by atoms with E-state index in [1.807, 2.05) is 12.1 Å². The lowest BCUT2D eigenvalue weighted by atomic mass is 10.2. The molecule has 1 aromatic rings. The third kappa shape index (κ3) is 3.49. The second-order valence-corrected chi connectivity index (χ2v) is 10.9. The van der Waals surface area contributed by atoms with Crippen molar-refractivity contribution in [2.45, 2.75) is 45.5 Å². The number of hydrogen-bond acceptors (Lipinski definition) is 3. The van der Waals surface area contributed by atoms with E-state index in [1.54, 1.807) is 13.2 Å². The first-order valence-corrected chi connectivity index (χ1v) is 9.08. The minimum atomic E-state index is -1.73. The summed E-state index contributed by atoms with van der Waals surface area (Å²) in [4.78, 5) is 0. The smallest absolute Gasteiger partial charge is 0.192 e. The van der Waals surface area contributed by atoms with Crippen molar-refractivity contribution in [1.29, 1.82) is 0 Å². The molecule has 3 nitrogen and oxygen atoms in total. The molecular weight excluding hydrogens is 244 g/mol. The van der Waals surface area contributed by atoms with Crippen LogP contribution in [0.3, 0.4) is 0 Å². The van der Waals surface area contributed by atoms with Gasteiger partial charge >= 0.3 is 0 Å². The largest absolute Gasteiger partial charge is 0.504 e. The number of phenols is 1. The molecular formula is C14H24O3Si. The minimum absolute atomic E-state index is 0.161. The lowest BCUT2D eigenvalue weighted by Crippen LogP contribution is -2.40. The van der Waals surface area contributed by atoms with E-state index >= 15 is 0 Å². The van der Waals surface area contributed by atoms with Gasteiger partial charge in [-0.05, 0) is 35.8 Å². The molecule has 1 N–H and O–H groups in total. The Morgan fingerprint density at radius 1 is 1.22 bits per heavy atom. The van der Waals surface area contributed by atoms with Crippen molar-refractivity contribution in [3.05, 3.63) is 23.8 Å². The van der Waals surface area contributed by atoms with Gasteiger partial charge in [0.2, 0.25) is 0 Å². The van der Waals surface area contributed by atoms with Crippen molar-refractivity contribution >= 4 is 8.32 Å². The van der Waals surface area contributed by atoms with Crippen LogP contribution in [-0.2, 0) is 11.0 Å². The van der Waals surface area contributed by atoms with Crippen LogP contribution in [0.2, 0.25) is 18.1 Å². The molecule has 0 amide bonds. The Kier molecular flexibility index (Phi) is 4.45. The summed E-state index contributed by atoms with van der Waals surface area (Å²) in [6, 6.07) is 5.33. The van der Waals surface area contributed by atoms with Crippen molar-refractivity contribution in [2.24, 2.45) is 0 Å². The first-order valence-electron chi connectivity index (χ1n) is 6.17. The van der Waals surface area contributed by atoms with Gasteiger partial charge in [-0.25, -0.2) is 0 Å². The summed E-state index contributed by atoms with van der Waals surface area (Å²) in [6.45, 7) is 11.7. The van der Waals surface area contributed by atoms with Gasteiger partial charge < -0.3 is 14.3 Å². The molecule has 0 radical (unpaired) electrons. The molecule has 0 spiro atoms.